The van der Waals surface area contributed by atoms with Gasteiger partial charge < -0.3 is 14.2 Å². The number of methoxy groups -OCH3 is 1. The third-order valence-corrected chi connectivity index (χ3v) is 4.57. The van der Waals surface area contributed by atoms with Crippen LogP contribution in [0.15, 0.2) is 30.3 Å². The van der Waals surface area contributed by atoms with Gasteiger partial charge in [0.15, 0.2) is 11.6 Å². The second-order valence-corrected chi connectivity index (χ2v) is 6.16. The topological polar surface area (TPSA) is 27.7 Å². The van der Waals surface area contributed by atoms with E-state index >= 15 is 0 Å². The average Bonchev–Trinajstić information content (AvgIpc) is 2.65. The molecule has 0 spiro atoms. The summed E-state index contributed by atoms with van der Waals surface area (Å²) in [5.41, 5.74) is 0.00457. The standard InChI is InChI=1S/C20H21F3O3/c1-3-25-12-4-6-14(17(21)10-12)15-7-8-16(20(23)19(15)22)18-9-5-13(24-2)11-26-18/h4,6-8,10,13,18H,3,5,9,11H2,1-2H3. The fraction of sp³-hybridized carbons (Fsp3) is 0.400. The van der Waals surface area contributed by atoms with Crippen LogP contribution in [0.3, 0.4) is 0 Å². The molecule has 0 aliphatic carbocycles. The van der Waals surface area contributed by atoms with E-state index < -0.39 is 23.6 Å². The van der Waals surface area contributed by atoms with Gasteiger partial charge in [-0.3, -0.25) is 0 Å². The molecule has 0 radical (unpaired) electrons. The van der Waals surface area contributed by atoms with E-state index in [0.717, 1.165) is 0 Å². The van der Waals surface area contributed by atoms with Crippen molar-refractivity contribution < 1.29 is 27.4 Å². The highest BCUT2D eigenvalue weighted by atomic mass is 19.2. The Hall–Kier alpha value is -2.05. The summed E-state index contributed by atoms with van der Waals surface area (Å²) in [6.45, 7) is 2.50. The van der Waals surface area contributed by atoms with E-state index in [1.54, 1.807) is 14.0 Å². The second-order valence-electron chi connectivity index (χ2n) is 6.16. The van der Waals surface area contributed by atoms with Gasteiger partial charge in [0.2, 0.25) is 0 Å². The van der Waals surface area contributed by atoms with Crippen LogP contribution in [-0.4, -0.2) is 26.4 Å². The molecule has 0 N–H and O–H groups in total. The minimum absolute atomic E-state index is 0.0135. The molecule has 140 valence electrons. The highest BCUT2D eigenvalue weighted by Gasteiger charge is 2.27. The van der Waals surface area contributed by atoms with Gasteiger partial charge in [0, 0.05) is 29.9 Å². The lowest BCUT2D eigenvalue weighted by molar-refractivity contribution is -0.0736. The molecule has 6 heteroatoms. The van der Waals surface area contributed by atoms with Gasteiger partial charge in [-0.05, 0) is 31.9 Å². The van der Waals surface area contributed by atoms with E-state index in [1.807, 2.05) is 0 Å². The Balaban J connectivity index is 1.88. The maximum atomic E-state index is 14.6. The molecule has 3 rings (SSSR count). The molecule has 2 aromatic carbocycles. The van der Waals surface area contributed by atoms with Gasteiger partial charge in [-0.1, -0.05) is 12.1 Å². The number of ether oxygens (including phenoxy) is 3. The maximum Gasteiger partial charge on any atom is 0.167 e. The third-order valence-electron chi connectivity index (χ3n) is 4.57. The van der Waals surface area contributed by atoms with Crippen molar-refractivity contribution in [2.24, 2.45) is 0 Å². The first-order valence-electron chi connectivity index (χ1n) is 8.60. The molecule has 2 atom stereocenters. The molecule has 3 nitrogen and oxygen atoms in total. The van der Waals surface area contributed by atoms with E-state index in [1.165, 1.54) is 30.3 Å². The van der Waals surface area contributed by atoms with Crippen LogP contribution in [0.2, 0.25) is 0 Å². The predicted molar refractivity (Wildman–Crippen MR) is 91.6 cm³/mol. The van der Waals surface area contributed by atoms with Gasteiger partial charge in [-0.2, -0.15) is 0 Å². The number of hydrogen-bond acceptors (Lipinski definition) is 3. The first-order chi connectivity index (χ1) is 12.5. The van der Waals surface area contributed by atoms with Gasteiger partial charge in [-0.15, -0.1) is 0 Å². The number of halogens is 3. The Morgan fingerprint density at radius 2 is 1.81 bits per heavy atom. The molecular weight excluding hydrogens is 345 g/mol. The number of hydrogen-bond donors (Lipinski definition) is 0. The first-order valence-corrected chi connectivity index (χ1v) is 8.60. The van der Waals surface area contributed by atoms with E-state index in [-0.39, 0.29) is 22.8 Å². The fourth-order valence-corrected chi connectivity index (χ4v) is 3.15. The van der Waals surface area contributed by atoms with Crippen molar-refractivity contribution in [2.75, 3.05) is 20.3 Å². The summed E-state index contributed by atoms with van der Waals surface area (Å²) in [7, 11) is 1.59. The molecule has 2 aromatic rings. The predicted octanol–water partition coefficient (Wildman–Crippen LogP) is 5.04. The molecular formula is C20H21F3O3. The highest BCUT2D eigenvalue weighted by molar-refractivity contribution is 5.66. The third kappa shape index (κ3) is 3.71. The maximum absolute atomic E-state index is 14.6. The van der Waals surface area contributed by atoms with Crippen molar-refractivity contribution in [1.29, 1.82) is 0 Å². The van der Waals surface area contributed by atoms with Crippen molar-refractivity contribution in [3.05, 3.63) is 53.3 Å². The van der Waals surface area contributed by atoms with Crippen LogP contribution in [-0.2, 0) is 9.47 Å². The minimum atomic E-state index is -1.08. The SMILES string of the molecule is CCOc1ccc(-c2ccc(C3CCC(OC)CO3)c(F)c2F)c(F)c1. The zero-order chi connectivity index (χ0) is 18.7. The summed E-state index contributed by atoms with van der Waals surface area (Å²) in [5, 5.41) is 0. The molecule has 1 aliphatic heterocycles. The molecule has 2 unspecified atom stereocenters. The molecule has 1 saturated heterocycles. The van der Waals surface area contributed by atoms with Crippen LogP contribution in [0.4, 0.5) is 13.2 Å². The first kappa shape index (κ1) is 18.7. The minimum Gasteiger partial charge on any atom is -0.494 e. The summed E-state index contributed by atoms with van der Waals surface area (Å²) >= 11 is 0. The summed E-state index contributed by atoms with van der Waals surface area (Å²) in [6, 6.07) is 6.93. The molecule has 0 aromatic heterocycles. The van der Waals surface area contributed by atoms with Crippen molar-refractivity contribution in [1.82, 2.24) is 0 Å². The molecule has 1 aliphatic rings. The van der Waals surface area contributed by atoms with Gasteiger partial charge >= 0.3 is 0 Å². The molecule has 1 heterocycles. The van der Waals surface area contributed by atoms with Crippen molar-refractivity contribution >= 4 is 0 Å². The van der Waals surface area contributed by atoms with Crippen molar-refractivity contribution in [3.8, 4) is 16.9 Å². The van der Waals surface area contributed by atoms with E-state index in [4.69, 9.17) is 14.2 Å². The van der Waals surface area contributed by atoms with Crippen LogP contribution in [0.1, 0.15) is 31.4 Å². The van der Waals surface area contributed by atoms with E-state index in [2.05, 4.69) is 0 Å². The quantitative estimate of drug-likeness (QED) is 0.742. The lowest BCUT2D eigenvalue weighted by Crippen LogP contribution is -2.27. The highest BCUT2D eigenvalue weighted by Crippen LogP contribution is 2.35. The van der Waals surface area contributed by atoms with Crippen LogP contribution in [0, 0.1) is 17.5 Å². The molecule has 1 fully saturated rings. The summed E-state index contributed by atoms with van der Waals surface area (Å²) in [6.07, 6.45) is 0.676. The van der Waals surface area contributed by atoms with E-state index in [9.17, 15) is 13.2 Å². The Kier molecular flexibility index (Phi) is 5.84. The van der Waals surface area contributed by atoms with Crippen LogP contribution < -0.4 is 4.74 Å². The molecule has 0 amide bonds. The molecule has 26 heavy (non-hydrogen) atoms. The van der Waals surface area contributed by atoms with Crippen LogP contribution in [0.5, 0.6) is 5.75 Å². The molecule has 0 saturated carbocycles. The summed E-state index contributed by atoms with van der Waals surface area (Å²) < 4.78 is 59.5. The smallest absolute Gasteiger partial charge is 0.167 e. The van der Waals surface area contributed by atoms with Crippen molar-refractivity contribution in [2.45, 2.75) is 32.0 Å². The van der Waals surface area contributed by atoms with Gasteiger partial charge in [-0.25, -0.2) is 13.2 Å². The summed E-state index contributed by atoms with van der Waals surface area (Å²) in [4.78, 5) is 0. The Morgan fingerprint density at radius 1 is 1.04 bits per heavy atom. The van der Waals surface area contributed by atoms with Gasteiger partial charge in [0.25, 0.3) is 0 Å². The summed E-state index contributed by atoms with van der Waals surface area (Å²) in [5.74, 6) is -2.41. The monoisotopic (exact) mass is 366 g/mol. The largest absolute Gasteiger partial charge is 0.494 e. The van der Waals surface area contributed by atoms with E-state index in [0.29, 0.717) is 31.8 Å². The Labute approximate surface area is 150 Å². The second kappa shape index (κ2) is 8.10. The van der Waals surface area contributed by atoms with Crippen LogP contribution in [0.25, 0.3) is 11.1 Å². The normalized spacial score (nSPS) is 20.2. The lowest BCUT2D eigenvalue weighted by Gasteiger charge is -2.28. The van der Waals surface area contributed by atoms with Crippen molar-refractivity contribution in [3.63, 3.8) is 0 Å². The lowest BCUT2D eigenvalue weighted by atomic mass is 9.96. The fourth-order valence-electron chi connectivity index (χ4n) is 3.15. The molecule has 0 bridgehead atoms. The van der Waals surface area contributed by atoms with Gasteiger partial charge in [0.1, 0.15) is 11.6 Å². The number of benzene rings is 2. The number of rotatable bonds is 5. The Morgan fingerprint density at radius 3 is 2.42 bits per heavy atom. The zero-order valence-corrected chi connectivity index (χ0v) is 14.7. The zero-order valence-electron chi connectivity index (χ0n) is 14.7. The average molecular weight is 366 g/mol. The Bertz CT molecular complexity index is 771. The van der Waals surface area contributed by atoms with Gasteiger partial charge in [0.05, 0.1) is 25.4 Å². The van der Waals surface area contributed by atoms with Crippen LogP contribution >= 0.6 is 0 Å².